The number of hydrogen-bond donors (Lipinski definition) is 2. The maximum Gasteiger partial charge on any atom is 0.181 e. The third-order valence-corrected chi connectivity index (χ3v) is 4.44. The van der Waals surface area contributed by atoms with Gasteiger partial charge in [0.25, 0.3) is 0 Å². The van der Waals surface area contributed by atoms with Gasteiger partial charge < -0.3 is 0 Å². The monoisotopic (exact) mass is 369 g/mol. The summed E-state index contributed by atoms with van der Waals surface area (Å²) in [6.07, 6.45) is 0.848. The predicted molar refractivity (Wildman–Crippen MR) is 100 cm³/mol. The molecule has 2 N–H and O–H groups in total. The number of aromatic nitrogens is 5. The lowest BCUT2D eigenvalue weighted by Gasteiger charge is -2.01. The molecule has 0 aliphatic rings. The lowest BCUT2D eigenvalue weighted by Crippen LogP contribution is -1.95. The zero-order valence-electron chi connectivity index (χ0n) is 14.3. The molecule has 0 bridgehead atoms. The second kappa shape index (κ2) is 6.53. The minimum absolute atomic E-state index is 0.0714. The summed E-state index contributed by atoms with van der Waals surface area (Å²) in [7, 11) is 0. The Labute approximate surface area is 154 Å². The van der Waals surface area contributed by atoms with E-state index in [2.05, 4.69) is 39.2 Å². The number of halogens is 2. The van der Waals surface area contributed by atoms with Crippen molar-refractivity contribution in [2.24, 2.45) is 5.92 Å². The zero-order chi connectivity index (χ0) is 18.3. The Morgan fingerprint density at radius 3 is 2.62 bits per heavy atom. The first-order valence-electron chi connectivity index (χ1n) is 8.36. The average Bonchev–Trinajstić information content (AvgIpc) is 3.23. The van der Waals surface area contributed by atoms with E-state index >= 15 is 0 Å². The Hall–Kier alpha value is -2.73. The fourth-order valence-electron chi connectivity index (χ4n) is 2.92. The highest BCUT2D eigenvalue weighted by atomic mass is 35.5. The first kappa shape index (κ1) is 16.7. The molecule has 0 aliphatic carbocycles. The number of benzene rings is 2. The van der Waals surface area contributed by atoms with E-state index in [1.807, 2.05) is 18.2 Å². The van der Waals surface area contributed by atoms with Gasteiger partial charge in [-0.05, 0) is 42.3 Å². The van der Waals surface area contributed by atoms with Crippen molar-refractivity contribution in [1.82, 2.24) is 25.4 Å². The Bertz CT molecular complexity index is 1080. The molecule has 0 aliphatic heterocycles. The van der Waals surface area contributed by atoms with Crippen LogP contribution in [0.5, 0.6) is 0 Å². The van der Waals surface area contributed by atoms with E-state index in [0.29, 0.717) is 17.4 Å². The maximum atomic E-state index is 13.5. The van der Waals surface area contributed by atoms with E-state index in [-0.39, 0.29) is 5.02 Å². The van der Waals surface area contributed by atoms with Crippen LogP contribution in [0.3, 0.4) is 0 Å². The molecule has 0 fully saturated rings. The number of H-pyrrole nitrogens is 2. The van der Waals surface area contributed by atoms with Gasteiger partial charge in [0.05, 0.1) is 16.2 Å². The largest absolute Gasteiger partial charge is 0.277 e. The van der Waals surface area contributed by atoms with Gasteiger partial charge in [-0.15, -0.1) is 0 Å². The van der Waals surface area contributed by atoms with Gasteiger partial charge >= 0.3 is 0 Å². The molecule has 5 nitrogen and oxygen atoms in total. The van der Waals surface area contributed by atoms with Crippen LogP contribution in [0, 0.1) is 11.7 Å². The van der Waals surface area contributed by atoms with E-state index in [1.165, 1.54) is 6.07 Å². The van der Waals surface area contributed by atoms with Gasteiger partial charge in [-0.1, -0.05) is 25.4 Å². The molecule has 2 heterocycles. The first-order chi connectivity index (χ1) is 12.5. The van der Waals surface area contributed by atoms with Crippen molar-refractivity contribution in [2.75, 3.05) is 0 Å². The fraction of sp³-hybridized carbons (Fsp3) is 0.211. The van der Waals surface area contributed by atoms with Crippen LogP contribution < -0.4 is 0 Å². The lowest BCUT2D eigenvalue weighted by atomic mass is 10.1. The molecule has 7 heteroatoms. The van der Waals surface area contributed by atoms with Gasteiger partial charge in [-0.3, -0.25) is 10.2 Å². The summed E-state index contributed by atoms with van der Waals surface area (Å²) in [5.41, 5.74) is 3.22. The molecule has 0 atom stereocenters. The van der Waals surface area contributed by atoms with Gasteiger partial charge in [0.1, 0.15) is 11.6 Å². The first-order valence-corrected chi connectivity index (χ1v) is 8.74. The Balaban J connectivity index is 1.77. The number of nitrogens with zero attached hydrogens (tertiary/aromatic N) is 3. The molecular weight excluding hydrogens is 353 g/mol. The molecular formula is C19H17ClFN5. The van der Waals surface area contributed by atoms with Crippen molar-refractivity contribution >= 4 is 22.5 Å². The van der Waals surface area contributed by atoms with Crippen LogP contribution in [-0.4, -0.2) is 25.4 Å². The van der Waals surface area contributed by atoms with E-state index in [1.54, 1.807) is 12.1 Å². The third-order valence-electron chi connectivity index (χ3n) is 4.15. The molecule has 4 rings (SSSR count). The molecule has 4 aromatic rings. The lowest BCUT2D eigenvalue weighted by molar-refractivity contribution is 0.622. The SMILES string of the molecule is CC(C)Cc1nc(-c2ccc3[nH]nc(-c4ccc(F)c(Cl)c4)c3c2)n[nH]1. The Kier molecular flexibility index (Phi) is 4.20. The number of fused-ring (bicyclic) bond motifs is 1. The Morgan fingerprint density at radius 1 is 1.04 bits per heavy atom. The smallest absolute Gasteiger partial charge is 0.181 e. The van der Waals surface area contributed by atoms with E-state index < -0.39 is 5.82 Å². The van der Waals surface area contributed by atoms with Gasteiger partial charge in [0, 0.05) is 22.9 Å². The summed E-state index contributed by atoms with van der Waals surface area (Å²) in [6, 6.07) is 10.4. The van der Waals surface area contributed by atoms with E-state index in [0.717, 1.165) is 34.3 Å². The van der Waals surface area contributed by atoms with Gasteiger partial charge in [-0.2, -0.15) is 10.2 Å². The van der Waals surface area contributed by atoms with Crippen molar-refractivity contribution in [1.29, 1.82) is 0 Å². The van der Waals surface area contributed by atoms with E-state index in [9.17, 15) is 4.39 Å². The highest BCUT2D eigenvalue weighted by Gasteiger charge is 2.13. The minimum Gasteiger partial charge on any atom is -0.277 e. The number of nitrogens with one attached hydrogen (secondary N) is 2. The molecule has 0 unspecified atom stereocenters. The van der Waals surface area contributed by atoms with Crippen LogP contribution in [0.25, 0.3) is 33.5 Å². The molecule has 0 saturated carbocycles. The number of rotatable bonds is 4. The van der Waals surface area contributed by atoms with Gasteiger partial charge in [0.2, 0.25) is 0 Å². The summed E-state index contributed by atoms with van der Waals surface area (Å²) in [4.78, 5) is 4.57. The topological polar surface area (TPSA) is 70.2 Å². The van der Waals surface area contributed by atoms with Crippen LogP contribution in [0.15, 0.2) is 36.4 Å². The van der Waals surface area contributed by atoms with Gasteiger partial charge in [-0.25, -0.2) is 9.37 Å². The van der Waals surface area contributed by atoms with Crippen molar-refractivity contribution < 1.29 is 4.39 Å². The predicted octanol–water partition coefficient (Wildman–Crippen LogP) is 5.01. The highest BCUT2D eigenvalue weighted by Crippen LogP contribution is 2.31. The maximum absolute atomic E-state index is 13.5. The second-order valence-corrected chi connectivity index (χ2v) is 7.07. The zero-order valence-corrected chi connectivity index (χ0v) is 15.1. The third kappa shape index (κ3) is 3.08. The normalized spacial score (nSPS) is 11.6. The van der Waals surface area contributed by atoms with E-state index in [4.69, 9.17) is 11.6 Å². The number of hydrogen-bond acceptors (Lipinski definition) is 3. The minimum atomic E-state index is -0.450. The van der Waals surface area contributed by atoms with Crippen LogP contribution in [-0.2, 0) is 6.42 Å². The van der Waals surface area contributed by atoms with Gasteiger partial charge in [0.15, 0.2) is 5.82 Å². The molecule has 0 spiro atoms. The summed E-state index contributed by atoms with van der Waals surface area (Å²) < 4.78 is 13.5. The second-order valence-electron chi connectivity index (χ2n) is 6.67. The summed E-state index contributed by atoms with van der Waals surface area (Å²) >= 11 is 5.92. The molecule has 132 valence electrons. The van der Waals surface area contributed by atoms with Crippen molar-refractivity contribution in [3.05, 3.63) is 53.1 Å². The molecule has 2 aromatic heterocycles. The van der Waals surface area contributed by atoms with Crippen LogP contribution in [0.2, 0.25) is 5.02 Å². The molecule has 0 saturated heterocycles. The molecule has 0 amide bonds. The van der Waals surface area contributed by atoms with Crippen molar-refractivity contribution in [3.63, 3.8) is 0 Å². The molecule has 26 heavy (non-hydrogen) atoms. The summed E-state index contributed by atoms with van der Waals surface area (Å²) in [5.74, 6) is 1.57. The number of aromatic amines is 2. The quantitative estimate of drug-likeness (QED) is 0.531. The summed E-state index contributed by atoms with van der Waals surface area (Å²) in [6.45, 7) is 4.28. The summed E-state index contributed by atoms with van der Waals surface area (Å²) in [5, 5.41) is 15.6. The van der Waals surface area contributed by atoms with Crippen molar-refractivity contribution in [3.8, 4) is 22.6 Å². The van der Waals surface area contributed by atoms with Crippen LogP contribution >= 0.6 is 11.6 Å². The Morgan fingerprint density at radius 2 is 1.85 bits per heavy atom. The average molecular weight is 370 g/mol. The van der Waals surface area contributed by atoms with Crippen LogP contribution in [0.4, 0.5) is 4.39 Å². The standard InChI is InChI=1S/C19H17ClFN5/c1-10(2)7-17-22-19(26-24-17)12-4-6-16-13(8-12)18(25-23-16)11-3-5-15(21)14(20)9-11/h3-6,8-10H,7H2,1-2H3,(H,23,25)(H,22,24,26). The molecule has 0 radical (unpaired) electrons. The van der Waals surface area contributed by atoms with Crippen molar-refractivity contribution in [2.45, 2.75) is 20.3 Å². The fourth-order valence-corrected chi connectivity index (χ4v) is 3.10. The highest BCUT2D eigenvalue weighted by molar-refractivity contribution is 6.31. The molecule has 2 aromatic carbocycles. The van der Waals surface area contributed by atoms with Crippen LogP contribution in [0.1, 0.15) is 19.7 Å².